The largest absolute Gasteiger partial charge is 0.497 e. The number of halogens is 1. The lowest BCUT2D eigenvalue weighted by molar-refractivity contribution is -0.113. The van der Waals surface area contributed by atoms with E-state index in [9.17, 15) is 4.79 Å². The molecule has 6 nitrogen and oxygen atoms in total. The van der Waals surface area contributed by atoms with Crippen LogP contribution in [0, 0.1) is 0 Å². The van der Waals surface area contributed by atoms with Crippen molar-refractivity contribution in [2.24, 2.45) is 0 Å². The molecule has 1 aromatic heterocycles. The second-order valence-corrected chi connectivity index (χ2v) is 7.93. The van der Waals surface area contributed by atoms with E-state index in [2.05, 4.69) is 15.5 Å². The summed E-state index contributed by atoms with van der Waals surface area (Å²) in [7, 11) is 1.63. The Bertz CT molecular complexity index is 1160. The zero-order valence-corrected chi connectivity index (χ0v) is 18.2. The van der Waals surface area contributed by atoms with Crippen molar-refractivity contribution < 1.29 is 9.53 Å². The number of aromatic nitrogens is 3. The van der Waals surface area contributed by atoms with E-state index in [0.717, 1.165) is 22.7 Å². The van der Waals surface area contributed by atoms with Gasteiger partial charge in [-0.25, -0.2) is 0 Å². The summed E-state index contributed by atoms with van der Waals surface area (Å²) in [6.07, 6.45) is 0. The number of thioether (sulfide) groups is 1. The Morgan fingerprint density at radius 1 is 1.00 bits per heavy atom. The van der Waals surface area contributed by atoms with Crippen LogP contribution < -0.4 is 10.1 Å². The second-order valence-electron chi connectivity index (χ2n) is 6.55. The first-order valence-corrected chi connectivity index (χ1v) is 10.8. The van der Waals surface area contributed by atoms with Crippen molar-refractivity contribution in [3.8, 4) is 22.8 Å². The van der Waals surface area contributed by atoms with Gasteiger partial charge in [0.2, 0.25) is 5.91 Å². The van der Waals surface area contributed by atoms with Crippen LogP contribution in [-0.2, 0) is 4.79 Å². The molecule has 1 heterocycles. The summed E-state index contributed by atoms with van der Waals surface area (Å²) < 4.78 is 7.16. The van der Waals surface area contributed by atoms with E-state index >= 15 is 0 Å². The molecule has 0 atom stereocenters. The number of nitrogens with one attached hydrogen (secondary N) is 1. The van der Waals surface area contributed by atoms with E-state index < -0.39 is 0 Å². The SMILES string of the molecule is COc1ccc(-c2nnc(SCC(=O)Nc3ccccc3)n2-c2ccc(Cl)cc2)cc1. The molecular weight excluding hydrogens is 432 g/mol. The highest BCUT2D eigenvalue weighted by Gasteiger charge is 2.17. The average molecular weight is 451 g/mol. The summed E-state index contributed by atoms with van der Waals surface area (Å²) in [4.78, 5) is 12.4. The van der Waals surface area contributed by atoms with Crippen LogP contribution in [0.3, 0.4) is 0 Å². The maximum atomic E-state index is 12.4. The number of nitrogens with zero attached hydrogens (tertiary/aromatic N) is 3. The molecule has 0 unspecified atom stereocenters. The average Bonchev–Trinajstić information content (AvgIpc) is 3.23. The molecule has 31 heavy (non-hydrogen) atoms. The zero-order valence-electron chi connectivity index (χ0n) is 16.7. The predicted octanol–water partition coefficient (Wildman–Crippen LogP) is 5.33. The Balaban J connectivity index is 1.61. The van der Waals surface area contributed by atoms with Gasteiger partial charge in [0.1, 0.15) is 5.75 Å². The molecule has 0 aliphatic rings. The number of anilines is 1. The minimum Gasteiger partial charge on any atom is -0.497 e. The first-order valence-electron chi connectivity index (χ1n) is 9.47. The van der Waals surface area contributed by atoms with Crippen LogP contribution in [0.25, 0.3) is 17.1 Å². The minimum absolute atomic E-state index is 0.118. The van der Waals surface area contributed by atoms with E-state index in [-0.39, 0.29) is 11.7 Å². The van der Waals surface area contributed by atoms with Crippen LogP contribution in [0.1, 0.15) is 0 Å². The van der Waals surface area contributed by atoms with E-state index in [1.54, 1.807) is 7.11 Å². The van der Waals surface area contributed by atoms with Gasteiger partial charge in [-0.15, -0.1) is 10.2 Å². The van der Waals surface area contributed by atoms with E-state index in [1.807, 2.05) is 83.4 Å². The molecule has 0 fully saturated rings. The highest BCUT2D eigenvalue weighted by molar-refractivity contribution is 7.99. The quantitative estimate of drug-likeness (QED) is 0.385. The number of carbonyl (C=O) groups excluding carboxylic acids is 1. The molecule has 0 radical (unpaired) electrons. The fourth-order valence-electron chi connectivity index (χ4n) is 2.96. The Hall–Kier alpha value is -3.29. The standard InChI is InChI=1S/C23H19ClN4O2S/c1-30-20-13-7-16(8-14-20)22-26-27-23(28(22)19-11-9-17(24)10-12-19)31-15-21(29)25-18-5-3-2-4-6-18/h2-14H,15H2,1H3,(H,25,29). The normalized spacial score (nSPS) is 10.6. The molecule has 0 aliphatic carbocycles. The van der Waals surface area contributed by atoms with Gasteiger partial charge in [-0.05, 0) is 60.7 Å². The maximum Gasteiger partial charge on any atom is 0.234 e. The van der Waals surface area contributed by atoms with Gasteiger partial charge in [0.15, 0.2) is 11.0 Å². The summed E-state index contributed by atoms with van der Waals surface area (Å²) in [6, 6.07) is 24.4. The fraction of sp³-hybridized carbons (Fsp3) is 0.0870. The van der Waals surface area contributed by atoms with E-state index in [4.69, 9.17) is 16.3 Å². The third-order valence-electron chi connectivity index (χ3n) is 4.46. The van der Waals surface area contributed by atoms with Gasteiger partial charge in [-0.3, -0.25) is 9.36 Å². The molecule has 0 aliphatic heterocycles. The summed E-state index contributed by atoms with van der Waals surface area (Å²) in [5, 5.41) is 12.9. The summed E-state index contributed by atoms with van der Waals surface area (Å²) in [6.45, 7) is 0. The van der Waals surface area contributed by atoms with Crippen LogP contribution in [-0.4, -0.2) is 33.5 Å². The summed E-state index contributed by atoms with van der Waals surface area (Å²) in [5.74, 6) is 1.50. The van der Waals surface area contributed by atoms with E-state index in [0.29, 0.717) is 16.0 Å². The van der Waals surface area contributed by atoms with Crippen LogP contribution in [0.2, 0.25) is 5.02 Å². The van der Waals surface area contributed by atoms with Gasteiger partial charge in [0.25, 0.3) is 0 Å². The Labute approximate surface area is 189 Å². The number of rotatable bonds is 7. The van der Waals surface area contributed by atoms with Crippen LogP contribution in [0.15, 0.2) is 84.0 Å². The van der Waals surface area contributed by atoms with Crippen molar-refractivity contribution >= 4 is 35.0 Å². The number of methoxy groups -OCH3 is 1. The monoisotopic (exact) mass is 450 g/mol. The molecule has 0 saturated carbocycles. The minimum atomic E-state index is -0.118. The van der Waals surface area contributed by atoms with Gasteiger partial charge < -0.3 is 10.1 Å². The van der Waals surface area contributed by atoms with Crippen molar-refractivity contribution in [3.63, 3.8) is 0 Å². The van der Waals surface area contributed by atoms with Crippen molar-refractivity contribution in [1.29, 1.82) is 0 Å². The topological polar surface area (TPSA) is 69.0 Å². The number of carbonyl (C=O) groups is 1. The van der Waals surface area contributed by atoms with Crippen molar-refractivity contribution in [1.82, 2.24) is 14.8 Å². The maximum absolute atomic E-state index is 12.4. The highest BCUT2D eigenvalue weighted by atomic mass is 35.5. The third-order valence-corrected chi connectivity index (χ3v) is 5.64. The van der Waals surface area contributed by atoms with Crippen molar-refractivity contribution in [2.75, 3.05) is 18.2 Å². The summed E-state index contributed by atoms with van der Waals surface area (Å²) >= 11 is 7.39. The van der Waals surface area contributed by atoms with Crippen LogP contribution >= 0.6 is 23.4 Å². The van der Waals surface area contributed by atoms with E-state index in [1.165, 1.54) is 11.8 Å². The Morgan fingerprint density at radius 2 is 1.71 bits per heavy atom. The lowest BCUT2D eigenvalue weighted by Crippen LogP contribution is -2.14. The van der Waals surface area contributed by atoms with Gasteiger partial charge in [-0.1, -0.05) is 41.6 Å². The molecule has 8 heteroatoms. The number of para-hydroxylation sites is 1. The number of ether oxygens (including phenoxy) is 1. The van der Waals surface area contributed by atoms with Gasteiger partial charge in [-0.2, -0.15) is 0 Å². The van der Waals surface area contributed by atoms with Crippen LogP contribution in [0.4, 0.5) is 5.69 Å². The smallest absolute Gasteiger partial charge is 0.234 e. The number of benzene rings is 3. The van der Waals surface area contributed by atoms with Crippen molar-refractivity contribution in [2.45, 2.75) is 5.16 Å². The van der Waals surface area contributed by atoms with Gasteiger partial charge in [0.05, 0.1) is 12.9 Å². The number of hydrogen-bond donors (Lipinski definition) is 1. The summed E-state index contributed by atoms with van der Waals surface area (Å²) in [5.41, 5.74) is 2.49. The molecule has 156 valence electrons. The lowest BCUT2D eigenvalue weighted by atomic mass is 10.2. The Kier molecular flexibility index (Phi) is 6.54. The molecule has 3 aromatic carbocycles. The zero-order chi connectivity index (χ0) is 21.6. The van der Waals surface area contributed by atoms with Gasteiger partial charge in [0, 0.05) is 22.0 Å². The fourth-order valence-corrected chi connectivity index (χ4v) is 3.84. The Morgan fingerprint density at radius 3 is 2.39 bits per heavy atom. The molecule has 0 bridgehead atoms. The van der Waals surface area contributed by atoms with Crippen molar-refractivity contribution in [3.05, 3.63) is 83.9 Å². The first kappa shape index (κ1) is 21.0. The first-order chi connectivity index (χ1) is 15.1. The van der Waals surface area contributed by atoms with Crippen LogP contribution in [0.5, 0.6) is 5.75 Å². The molecule has 0 saturated heterocycles. The molecule has 4 rings (SSSR count). The molecule has 1 N–H and O–H groups in total. The number of hydrogen-bond acceptors (Lipinski definition) is 5. The number of amides is 1. The van der Waals surface area contributed by atoms with Gasteiger partial charge >= 0.3 is 0 Å². The molecular formula is C23H19ClN4O2S. The molecule has 0 spiro atoms. The molecule has 4 aromatic rings. The second kappa shape index (κ2) is 9.68. The third kappa shape index (κ3) is 5.07. The molecule has 1 amide bonds. The lowest BCUT2D eigenvalue weighted by Gasteiger charge is -2.11. The highest BCUT2D eigenvalue weighted by Crippen LogP contribution is 2.29. The predicted molar refractivity (Wildman–Crippen MR) is 124 cm³/mol.